The van der Waals surface area contributed by atoms with Gasteiger partial charge < -0.3 is 21.1 Å². The van der Waals surface area contributed by atoms with E-state index < -0.39 is 68.7 Å². The molecule has 1 aliphatic heterocycles. The Labute approximate surface area is 287 Å². The minimum absolute atomic E-state index is 0.0000611. The van der Waals surface area contributed by atoms with Gasteiger partial charge in [-0.25, -0.2) is 26.5 Å². The summed E-state index contributed by atoms with van der Waals surface area (Å²) in [6, 6.07) is 10.7. The topological polar surface area (TPSA) is 239 Å². The number of guanidine groups is 1. The quantitative estimate of drug-likeness (QED) is 0.0729. The van der Waals surface area contributed by atoms with Crippen LogP contribution in [0, 0.1) is 6.92 Å². The van der Waals surface area contributed by atoms with Crippen LogP contribution in [0.4, 0.5) is 0 Å². The number of hydrogen-bond donors (Lipinski definition) is 4. The molecule has 19 heteroatoms. The molecular formula is C30H35N7O9S3. The van der Waals surface area contributed by atoms with Gasteiger partial charge in [0.05, 0.1) is 28.8 Å². The lowest BCUT2D eigenvalue weighted by molar-refractivity contribution is -0.148. The summed E-state index contributed by atoms with van der Waals surface area (Å²) in [6.45, 7) is 0.776. The van der Waals surface area contributed by atoms with E-state index in [2.05, 4.69) is 20.0 Å². The van der Waals surface area contributed by atoms with Crippen molar-refractivity contribution < 1.29 is 41.1 Å². The number of carboxylic acid groups (broad SMARTS) is 1. The number of rotatable bonds is 15. The highest BCUT2D eigenvalue weighted by Gasteiger charge is 2.43. The van der Waals surface area contributed by atoms with Crippen LogP contribution in [0.25, 0.3) is 0 Å². The number of Topliss-reactive ketones (excluding diaryl/α,β-unsaturated/α-hetero) is 1. The standard InChI is InChI=1S/C30H35N7O9S3/c1-20-9-11-21(12-10-20)48(43,44)35-30(31)33-13-5-8-23(27(41)28-32-14-17-47-28)34-25(38)19-36-15-16-37(24(29(36)42)18-26(39)40)49(45,46)22-6-3-2-4-7-22/h2-4,6-7,9-12,14,17,23-24H,5,8,13,15-16,18-19H2,1H3,(H,34,38)(H,39,40)(H3,31,33,35)/t23-,24-/m0/s1. The van der Waals surface area contributed by atoms with Crippen molar-refractivity contribution in [2.45, 2.75) is 48.1 Å². The number of carbonyl (C=O) groups is 4. The minimum Gasteiger partial charge on any atom is -0.481 e. The van der Waals surface area contributed by atoms with E-state index in [1.165, 1.54) is 42.6 Å². The lowest BCUT2D eigenvalue weighted by Gasteiger charge is -2.39. The molecule has 0 unspecified atom stereocenters. The molecule has 0 radical (unpaired) electrons. The third-order valence-electron chi connectivity index (χ3n) is 7.38. The zero-order chi connectivity index (χ0) is 35.8. The Bertz CT molecular complexity index is 1900. The monoisotopic (exact) mass is 733 g/mol. The molecule has 4 rings (SSSR count). The van der Waals surface area contributed by atoms with Crippen LogP contribution in [-0.4, -0.2) is 104 Å². The number of ketones is 1. The average Bonchev–Trinajstić information content (AvgIpc) is 3.59. The van der Waals surface area contributed by atoms with Crippen LogP contribution in [0.2, 0.25) is 0 Å². The van der Waals surface area contributed by atoms with E-state index in [1.54, 1.807) is 23.6 Å². The van der Waals surface area contributed by atoms with Crippen molar-refractivity contribution >= 4 is 60.9 Å². The van der Waals surface area contributed by atoms with Gasteiger partial charge >= 0.3 is 5.97 Å². The molecule has 2 atom stereocenters. The van der Waals surface area contributed by atoms with E-state index in [9.17, 15) is 41.1 Å². The number of aromatic nitrogens is 1. The summed E-state index contributed by atoms with van der Waals surface area (Å²) in [6.07, 6.45) is 0.833. The second-order valence-corrected chi connectivity index (χ2v) is 15.4. The van der Waals surface area contributed by atoms with E-state index in [-0.39, 0.29) is 53.2 Å². The van der Waals surface area contributed by atoms with Gasteiger partial charge in [0.15, 0.2) is 5.01 Å². The maximum atomic E-state index is 13.4. The van der Waals surface area contributed by atoms with Crippen molar-refractivity contribution in [2.75, 3.05) is 26.2 Å². The normalized spacial score (nSPS) is 16.6. The van der Waals surface area contributed by atoms with Gasteiger partial charge in [-0.15, -0.1) is 11.3 Å². The number of carboxylic acids is 1. The third-order valence-corrected chi connectivity index (χ3v) is 11.5. The Morgan fingerprint density at radius 3 is 2.39 bits per heavy atom. The zero-order valence-electron chi connectivity index (χ0n) is 26.3. The van der Waals surface area contributed by atoms with Crippen LogP contribution in [0.3, 0.4) is 0 Å². The molecule has 16 nitrogen and oxygen atoms in total. The van der Waals surface area contributed by atoms with Crippen molar-refractivity contribution in [3.05, 3.63) is 76.7 Å². The van der Waals surface area contributed by atoms with Crippen molar-refractivity contribution in [1.82, 2.24) is 24.2 Å². The van der Waals surface area contributed by atoms with E-state index >= 15 is 0 Å². The maximum absolute atomic E-state index is 13.4. The summed E-state index contributed by atoms with van der Waals surface area (Å²) in [5, 5.41) is 13.8. The number of aryl methyl sites for hydroxylation is 1. The van der Waals surface area contributed by atoms with E-state index in [1.807, 2.05) is 6.92 Å². The molecule has 2 heterocycles. The van der Waals surface area contributed by atoms with Gasteiger partial charge in [-0.1, -0.05) is 35.9 Å². The molecule has 3 aromatic rings. The fourth-order valence-electron chi connectivity index (χ4n) is 4.96. The molecule has 49 heavy (non-hydrogen) atoms. The summed E-state index contributed by atoms with van der Waals surface area (Å²) in [7, 11) is -8.20. The largest absolute Gasteiger partial charge is 0.481 e. The van der Waals surface area contributed by atoms with Crippen LogP contribution < -0.4 is 15.8 Å². The number of nitrogens with one attached hydrogen (secondary N) is 2. The molecule has 2 aromatic carbocycles. The van der Waals surface area contributed by atoms with E-state index in [0.29, 0.717) is 0 Å². The second-order valence-electron chi connectivity index (χ2n) is 11.0. The maximum Gasteiger partial charge on any atom is 0.305 e. The average molecular weight is 734 g/mol. The summed E-state index contributed by atoms with van der Waals surface area (Å²) in [4.78, 5) is 60.4. The Morgan fingerprint density at radius 2 is 1.76 bits per heavy atom. The Hall–Kier alpha value is -4.72. The lowest BCUT2D eigenvalue weighted by atomic mass is 10.1. The van der Waals surface area contributed by atoms with Crippen LogP contribution in [-0.2, 0) is 34.4 Å². The van der Waals surface area contributed by atoms with Crippen molar-refractivity contribution in [2.24, 2.45) is 10.7 Å². The number of nitrogens with two attached hydrogens (primary N) is 1. The molecule has 0 saturated carbocycles. The van der Waals surface area contributed by atoms with Gasteiger partial charge in [0, 0.05) is 31.2 Å². The molecule has 0 spiro atoms. The van der Waals surface area contributed by atoms with Crippen LogP contribution in [0.1, 0.15) is 34.6 Å². The molecule has 1 saturated heterocycles. The molecule has 0 aliphatic carbocycles. The fourth-order valence-corrected chi connectivity index (χ4v) is 8.14. The molecule has 262 valence electrons. The zero-order valence-corrected chi connectivity index (χ0v) is 28.7. The van der Waals surface area contributed by atoms with Crippen molar-refractivity contribution in [1.29, 1.82) is 0 Å². The number of thiazole rings is 1. The second kappa shape index (κ2) is 16.1. The molecule has 1 aromatic heterocycles. The summed E-state index contributed by atoms with van der Waals surface area (Å²) in [5.41, 5.74) is 6.66. The predicted octanol–water partition coefficient (Wildman–Crippen LogP) is 0.569. The highest BCUT2D eigenvalue weighted by Crippen LogP contribution is 2.24. The van der Waals surface area contributed by atoms with Gasteiger partial charge in [-0.2, -0.15) is 4.31 Å². The van der Waals surface area contributed by atoms with Gasteiger partial charge in [-0.05, 0) is 44.0 Å². The molecule has 2 amide bonds. The third kappa shape index (κ3) is 9.68. The Kier molecular flexibility index (Phi) is 12.2. The predicted molar refractivity (Wildman–Crippen MR) is 179 cm³/mol. The molecular weight excluding hydrogens is 699 g/mol. The summed E-state index contributed by atoms with van der Waals surface area (Å²) < 4.78 is 54.7. The Morgan fingerprint density at radius 1 is 1.06 bits per heavy atom. The number of benzene rings is 2. The van der Waals surface area contributed by atoms with E-state index in [4.69, 9.17) is 5.73 Å². The molecule has 0 bridgehead atoms. The van der Waals surface area contributed by atoms with Crippen LogP contribution in [0.15, 0.2) is 81.0 Å². The fraction of sp³-hybridized carbons (Fsp3) is 0.333. The van der Waals surface area contributed by atoms with Gasteiger partial charge in [-0.3, -0.25) is 24.2 Å². The first kappa shape index (κ1) is 37.1. The summed E-state index contributed by atoms with van der Waals surface area (Å²) >= 11 is 1.06. The van der Waals surface area contributed by atoms with Gasteiger partial charge in [0.1, 0.15) is 6.04 Å². The van der Waals surface area contributed by atoms with E-state index in [0.717, 1.165) is 26.1 Å². The van der Waals surface area contributed by atoms with Gasteiger partial charge in [0.25, 0.3) is 10.0 Å². The number of sulfonamides is 2. The molecule has 5 N–H and O–H groups in total. The number of carbonyl (C=O) groups excluding carboxylic acids is 3. The summed E-state index contributed by atoms with van der Waals surface area (Å²) in [5.74, 6) is -3.89. The number of nitrogens with zero attached hydrogens (tertiary/aromatic N) is 4. The molecule has 1 aliphatic rings. The Balaban J connectivity index is 1.40. The SMILES string of the molecule is Cc1ccc(S(=O)(=O)NC(N)=NCCC[C@H](NC(=O)CN2CCN(S(=O)(=O)c3ccccc3)[C@@H](CC(=O)O)C2=O)C(=O)c2nccs2)cc1. The number of aliphatic imine (C=N–C) groups is 1. The molecule has 1 fully saturated rings. The number of aliphatic carboxylic acids is 1. The van der Waals surface area contributed by atoms with Gasteiger partial charge in [0.2, 0.25) is 33.6 Å². The smallest absolute Gasteiger partial charge is 0.305 e. The number of piperazine rings is 1. The number of amides is 2. The van der Waals surface area contributed by atoms with Crippen molar-refractivity contribution in [3.63, 3.8) is 0 Å². The number of hydrogen-bond acceptors (Lipinski definition) is 11. The first-order chi connectivity index (χ1) is 23.2. The highest BCUT2D eigenvalue weighted by atomic mass is 32.2. The lowest BCUT2D eigenvalue weighted by Crippen LogP contribution is -2.60. The first-order valence-corrected chi connectivity index (χ1v) is 18.7. The van der Waals surface area contributed by atoms with Crippen molar-refractivity contribution in [3.8, 4) is 0 Å². The minimum atomic E-state index is -4.23. The van der Waals surface area contributed by atoms with Crippen LogP contribution in [0.5, 0.6) is 0 Å². The highest BCUT2D eigenvalue weighted by molar-refractivity contribution is 7.90. The van der Waals surface area contributed by atoms with Crippen LogP contribution >= 0.6 is 11.3 Å². The first-order valence-electron chi connectivity index (χ1n) is 14.9.